The van der Waals surface area contributed by atoms with Crippen LogP contribution in [0.3, 0.4) is 0 Å². The fourth-order valence-corrected chi connectivity index (χ4v) is 4.76. The highest BCUT2D eigenvalue weighted by Crippen LogP contribution is 2.32. The lowest BCUT2D eigenvalue weighted by atomic mass is 10.2. The molecule has 4 aromatic rings. The first kappa shape index (κ1) is 23.2. The Balaban J connectivity index is 1.32. The van der Waals surface area contributed by atoms with E-state index in [-0.39, 0.29) is 17.3 Å². The van der Waals surface area contributed by atoms with Gasteiger partial charge in [-0.1, -0.05) is 53.4 Å². The van der Waals surface area contributed by atoms with E-state index in [1.807, 2.05) is 54.6 Å². The molecular formula is C23H19N5O4S2. The van der Waals surface area contributed by atoms with E-state index < -0.39 is 10.2 Å². The number of hydrogen-bond donors (Lipinski definition) is 2. The van der Waals surface area contributed by atoms with Crippen LogP contribution in [0.2, 0.25) is 0 Å². The number of nitro groups is 1. The minimum absolute atomic E-state index is 0.157. The average molecular weight is 494 g/mol. The molecule has 0 radical (unpaired) electrons. The van der Waals surface area contributed by atoms with Crippen LogP contribution in [0.5, 0.6) is 11.5 Å². The SMILES string of the molecule is CC(Sc1nnc(Nc2ccc(Oc3ccccc3)cc2)s1)C(=O)Nc1ccccc1[N+](=O)[O-]. The summed E-state index contributed by atoms with van der Waals surface area (Å²) in [6.07, 6.45) is 0. The summed E-state index contributed by atoms with van der Waals surface area (Å²) in [4.78, 5) is 23.1. The van der Waals surface area contributed by atoms with Crippen molar-refractivity contribution in [1.29, 1.82) is 0 Å². The van der Waals surface area contributed by atoms with Crippen LogP contribution in [-0.2, 0) is 4.79 Å². The molecule has 0 fully saturated rings. The van der Waals surface area contributed by atoms with Gasteiger partial charge in [-0.15, -0.1) is 10.2 Å². The van der Waals surface area contributed by atoms with E-state index >= 15 is 0 Å². The van der Waals surface area contributed by atoms with E-state index in [4.69, 9.17) is 4.74 Å². The predicted octanol–water partition coefficient (Wildman–Crippen LogP) is 6.10. The zero-order chi connectivity index (χ0) is 23.9. The number of thioether (sulfide) groups is 1. The van der Waals surface area contributed by atoms with Gasteiger partial charge >= 0.3 is 0 Å². The highest BCUT2D eigenvalue weighted by atomic mass is 32.2. The van der Waals surface area contributed by atoms with Gasteiger partial charge in [-0.25, -0.2) is 0 Å². The molecular weight excluding hydrogens is 474 g/mol. The normalized spacial score (nSPS) is 11.4. The van der Waals surface area contributed by atoms with Crippen LogP contribution in [0.4, 0.5) is 22.2 Å². The fraction of sp³-hybridized carbons (Fsp3) is 0.0870. The number of carbonyl (C=O) groups is 1. The van der Waals surface area contributed by atoms with Crippen LogP contribution in [0, 0.1) is 10.1 Å². The van der Waals surface area contributed by atoms with E-state index in [9.17, 15) is 14.9 Å². The number of nitrogens with one attached hydrogen (secondary N) is 2. The highest BCUT2D eigenvalue weighted by Gasteiger charge is 2.21. The summed E-state index contributed by atoms with van der Waals surface area (Å²) < 4.78 is 6.38. The first-order chi connectivity index (χ1) is 16.5. The molecule has 0 bridgehead atoms. The molecule has 11 heteroatoms. The van der Waals surface area contributed by atoms with Gasteiger partial charge in [-0.2, -0.15) is 0 Å². The number of rotatable bonds is 9. The Hall–Kier alpha value is -3.96. The largest absolute Gasteiger partial charge is 0.457 e. The number of ether oxygens (including phenoxy) is 1. The zero-order valence-corrected chi connectivity index (χ0v) is 19.5. The molecule has 0 saturated carbocycles. The Kier molecular flexibility index (Phi) is 7.35. The molecule has 0 saturated heterocycles. The molecule has 1 heterocycles. The molecule has 0 aliphatic rings. The minimum atomic E-state index is -0.532. The highest BCUT2D eigenvalue weighted by molar-refractivity contribution is 8.02. The number of para-hydroxylation sites is 3. The summed E-state index contributed by atoms with van der Waals surface area (Å²) in [7, 11) is 0. The zero-order valence-electron chi connectivity index (χ0n) is 17.9. The standard InChI is InChI=1S/C23H19N5O4S2/c1-15(21(29)25-19-9-5-6-10-20(19)28(30)31)33-23-27-26-22(34-23)24-16-11-13-18(14-12-16)32-17-7-3-2-4-8-17/h2-15H,1H3,(H,24,26)(H,25,29). The van der Waals surface area contributed by atoms with E-state index in [0.29, 0.717) is 15.2 Å². The number of carbonyl (C=O) groups excluding carboxylic acids is 1. The van der Waals surface area contributed by atoms with E-state index in [0.717, 1.165) is 11.4 Å². The van der Waals surface area contributed by atoms with E-state index in [2.05, 4.69) is 20.8 Å². The van der Waals surface area contributed by atoms with Crippen LogP contribution < -0.4 is 15.4 Å². The van der Waals surface area contributed by atoms with Gasteiger partial charge in [0.05, 0.1) is 10.2 Å². The third-order valence-corrected chi connectivity index (χ3v) is 6.52. The number of hydrogen-bond acceptors (Lipinski definition) is 9. The molecule has 3 aromatic carbocycles. The molecule has 0 aliphatic carbocycles. The lowest BCUT2D eigenvalue weighted by Crippen LogP contribution is -2.22. The lowest BCUT2D eigenvalue weighted by Gasteiger charge is -2.10. The van der Waals surface area contributed by atoms with Crippen LogP contribution in [0.1, 0.15) is 6.92 Å². The van der Waals surface area contributed by atoms with Crippen molar-refractivity contribution in [3.05, 3.63) is 89.0 Å². The van der Waals surface area contributed by atoms with Crippen molar-refractivity contribution in [3.63, 3.8) is 0 Å². The molecule has 2 N–H and O–H groups in total. The van der Waals surface area contributed by atoms with Crippen molar-refractivity contribution in [1.82, 2.24) is 10.2 Å². The second-order valence-electron chi connectivity index (χ2n) is 6.96. The minimum Gasteiger partial charge on any atom is -0.457 e. The van der Waals surface area contributed by atoms with Crippen LogP contribution in [-0.4, -0.2) is 26.3 Å². The maximum atomic E-state index is 12.5. The van der Waals surface area contributed by atoms with Crippen molar-refractivity contribution in [2.45, 2.75) is 16.5 Å². The summed E-state index contributed by atoms with van der Waals surface area (Å²) in [6.45, 7) is 1.70. The molecule has 1 aromatic heterocycles. The first-order valence-corrected chi connectivity index (χ1v) is 11.8. The van der Waals surface area contributed by atoms with E-state index in [1.54, 1.807) is 19.1 Å². The summed E-state index contributed by atoms with van der Waals surface area (Å²) in [5.41, 5.74) is 0.815. The van der Waals surface area contributed by atoms with Crippen molar-refractivity contribution >= 4 is 51.2 Å². The quantitative estimate of drug-likeness (QED) is 0.163. The van der Waals surface area contributed by atoms with Gasteiger partial charge in [0, 0.05) is 11.8 Å². The van der Waals surface area contributed by atoms with E-state index in [1.165, 1.54) is 35.2 Å². The van der Waals surface area contributed by atoms with Gasteiger partial charge in [0.2, 0.25) is 11.0 Å². The molecule has 1 unspecified atom stereocenters. The lowest BCUT2D eigenvalue weighted by molar-refractivity contribution is -0.383. The number of aromatic nitrogens is 2. The topological polar surface area (TPSA) is 119 Å². The summed E-state index contributed by atoms with van der Waals surface area (Å²) in [5.74, 6) is 1.11. The van der Waals surface area contributed by atoms with Gasteiger partial charge in [0.15, 0.2) is 4.34 Å². The monoisotopic (exact) mass is 493 g/mol. The molecule has 0 aliphatic heterocycles. The van der Waals surface area contributed by atoms with Gasteiger partial charge in [0.1, 0.15) is 17.2 Å². The fourth-order valence-electron chi connectivity index (χ4n) is 2.84. The smallest absolute Gasteiger partial charge is 0.292 e. The predicted molar refractivity (Wildman–Crippen MR) is 133 cm³/mol. The third-order valence-electron chi connectivity index (χ3n) is 4.50. The maximum Gasteiger partial charge on any atom is 0.292 e. The molecule has 0 spiro atoms. The molecule has 4 rings (SSSR count). The Morgan fingerprint density at radius 1 is 1.00 bits per heavy atom. The molecule has 1 atom stereocenters. The second-order valence-corrected chi connectivity index (χ2v) is 9.53. The van der Waals surface area contributed by atoms with Crippen LogP contribution >= 0.6 is 23.1 Å². The summed E-state index contributed by atoms with van der Waals surface area (Å²) >= 11 is 2.53. The molecule has 9 nitrogen and oxygen atoms in total. The number of anilines is 3. The number of benzene rings is 3. The maximum absolute atomic E-state index is 12.5. The number of amides is 1. The Labute approximate surface area is 203 Å². The van der Waals surface area contributed by atoms with Gasteiger partial charge in [-0.3, -0.25) is 14.9 Å². The van der Waals surface area contributed by atoms with Gasteiger partial charge in [0.25, 0.3) is 5.69 Å². The van der Waals surface area contributed by atoms with Crippen molar-refractivity contribution < 1.29 is 14.5 Å². The Morgan fingerprint density at radius 3 is 2.41 bits per heavy atom. The summed E-state index contributed by atoms with van der Waals surface area (Å²) in [6, 6.07) is 23.0. The molecule has 172 valence electrons. The first-order valence-electron chi connectivity index (χ1n) is 10.1. The summed E-state index contributed by atoms with van der Waals surface area (Å²) in [5, 5.41) is 25.2. The average Bonchev–Trinajstić information content (AvgIpc) is 3.27. The van der Waals surface area contributed by atoms with Gasteiger partial charge < -0.3 is 15.4 Å². The number of nitro benzene ring substituents is 1. The van der Waals surface area contributed by atoms with Crippen molar-refractivity contribution in [2.75, 3.05) is 10.6 Å². The second kappa shape index (κ2) is 10.8. The molecule has 34 heavy (non-hydrogen) atoms. The Morgan fingerprint density at radius 2 is 1.68 bits per heavy atom. The molecule has 1 amide bonds. The van der Waals surface area contributed by atoms with Crippen molar-refractivity contribution in [3.8, 4) is 11.5 Å². The van der Waals surface area contributed by atoms with Crippen LogP contribution in [0.25, 0.3) is 0 Å². The Bertz CT molecular complexity index is 1280. The third kappa shape index (κ3) is 6.09. The van der Waals surface area contributed by atoms with Crippen LogP contribution in [0.15, 0.2) is 83.2 Å². The van der Waals surface area contributed by atoms with Crippen molar-refractivity contribution in [2.24, 2.45) is 0 Å². The van der Waals surface area contributed by atoms with Gasteiger partial charge in [-0.05, 0) is 49.4 Å². The number of nitrogens with zero attached hydrogens (tertiary/aromatic N) is 3.